The lowest BCUT2D eigenvalue weighted by molar-refractivity contribution is -0.134. The van der Waals surface area contributed by atoms with Crippen LogP contribution in [0.4, 0.5) is 0 Å². The van der Waals surface area contributed by atoms with Crippen LogP contribution in [-0.4, -0.2) is 24.8 Å². The Balaban J connectivity index is 1.93. The number of carbonyl (C=O) groups is 1. The average molecular weight is 243 g/mol. The zero-order valence-electron chi connectivity index (χ0n) is 10.5. The molecule has 0 spiro atoms. The summed E-state index contributed by atoms with van der Waals surface area (Å²) >= 11 is 0. The van der Waals surface area contributed by atoms with Crippen molar-refractivity contribution in [2.45, 2.75) is 25.3 Å². The largest absolute Gasteiger partial charge is 0.466 e. The molecule has 3 nitrogen and oxygen atoms in total. The van der Waals surface area contributed by atoms with Crippen molar-refractivity contribution < 1.29 is 9.53 Å². The van der Waals surface area contributed by atoms with Crippen molar-refractivity contribution in [1.29, 1.82) is 0 Å². The quantitative estimate of drug-likeness (QED) is 0.602. The molecule has 0 aromatic heterocycles. The molecule has 1 aromatic rings. The van der Waals surface area contributed by atoms with Crippen LogP contribution in [0.25, 0.3) is 0 Å². The molecular weight excluding hydrogens is 226 g/mol. The third-order valence-corrected chi connectivity index (χ3v) is 3.02. The Labute approximate surface area is 107 Å². The predicted molar refractivity (Wildman–Crippen MR) is 71.8 cm³/mol. The predicted octanol–water partition coefficient (Wildman–Crippen LogP) is 2.76. The summed E-state index contributed by atoms with van der Waals surface area (Å²) in [5, 5.41) is 0. The summed E-state index contributed by atoms with van der Waals surface area (Å²) in [6.07, 6.45) is 6.17. The highest BCUT2D eigenvalue weighted by Crippen LogP contribution is 2.20. The molecule has 94 valence electrons. The Hall–Kier alpha value is -1.90. The van der Waals surface area contributed by atoms with Crippen LogP contribution in [0.3, 0.4) is 0 Å². The average Bonchev–Trinajstić information content (AvgIpc) is 2.88. The van der Waals surface area contributed by atoms with E-state index in [0.717, 1.165) is 19.3 Å². The van der Waals surface area contributed by atoms with Gasteiger partial charge in [-0.15, -0.1) is 0 Å². The van der Waals surface area contributed by atoms with Crippen LogP contribution in [0.1, 0.15) is 24.8 Å². The molecule has 1 aromatic carbocycles. The van der Waals surface area contributed by atoms with Crippen LogP contribution in [0.15, 0.2) is 47.5 Å². The second kappa shape index (κ2) is 6.15. The molecule has 1 atom stereocenters. The minimum atomic E-state index is -0.305. The Morgan fingerprint density at radius 1 is 1.44 bits per heavy atom. The van der Waals surface area contributed by atoms with Gasteiger partial charge in [0.1, 0.15) is 0 Å². The van der Waals surface area contributed by atoms with Crippen molar-refractivity contribution in [2.75, 3.05) is 7.11 Å². The summed E-state index contributed by atoms with van der Waals surface area (Å²) in [4.78, 5) is 15.6. The van der Waals surface area contributed by atoms with Gasteiger partial charge in [-0.2, -0.15) is 0 Å². The van der Waals surface area contributed by atoms with Gasteiger partial charge in [-0.25, -0.2) is 4.79 Å². The molecule has 0 fully saturated rings. The van der Waals surface area contributed by atoms with E-state index in [4.69, 9.17) is 4.99 Å². The van der Waals surface area contributed by atoms with Crippen LogP contribution in [-0.2, 0) is 9.53 Å². The zero-order chi connectivity index (χ0) is 12.8. The summed E-state index contributed by atoms with van der Waals surface area (Å²) < 4.78 is 4.54. The Morgan fingerprint density at radius 3 is 2.94 bits per heavy atom. The summed E-state index contributed by atoms with van der Waals surface area (Å²) in [6.45, 7) is 0. The molecule has 0 N–H and O–H groups in total. The molecule has 0 bridgehead atoms. The fourth-order valence-corrected chi connectivity index (χ4v) is 2.06. The van der Waals surface area contributed by atoms with Crippen LogP contribution in [0.2, 0.25) is 0 Å². The minimum absolute atomic E-state index is 0.293. The molecule has 0 saturated carbocycles. The number of benzene rings is 1. The normalized spacial score (nSPS) is 18.9. The monoisotopic (exact) mass is 243 g/mol. The molecule has 0 unspecified atom stereocenters. The Bertz CT molecular complexity index is 463. The van der Waals surface area contributed by atoms with Crippen molar-refractivity contribution >= 4 is 11.7 Å². The van der Waals surface area contributed by atoms with Gasteiger partial charge in [-0.3, -0.25) is 4.99 Å². The van der Waals surface area contributed by atoms with Gasteiger partial charge in [-0.1, -0.05) is 36.4 Å². The topological polar surface area (TPSA) is 38.7 Å². The van der Waals surface area contributed by atoms with E-state index in [1.54, 1.807) is 0 Å². The summed E-state index contributed by atoms with van der Waals surface area (Å²) in [6, 6.07) is 10.5. The highest BCUT2D eigenvalue weighted by Gasteiger charge is 2.17. The first-order chi connectivity index (χ1) is 8.79. The zero-order valence-corrected chi connectivity index (χ0v) is 10.5. The molecule has 0 radical (unpaired) electrons. The maximum atomic E-state index is 10.9. The van der Waals surface area contributed by atoms with Gasteiger partial charge in [0.2, 0.25) is 0 Å². The number of hydrogen-bond acceptors (Lipinski definition) is 3. The van der Waals surface area contributed by atoms with Crippen molar-refractivity contribution in [2.24, 2.45) is 4.99 Å². The molecule has 1 aliphatic rings. The first-order valence-electron chi connectivity index (χ1n) is 6.16. The first kappa shape index (κ1) is 12.6. The maximum Gasteiger partial charge on any atom is 0.330 e. The lowest BCUT2D eigenvalue weighted by Gasteiger charge is -2.00. The third-order valence-electron chi connectivity index (χ3n) is 3.02. The number of aliphatic imine (C=N–C) groups is 1. The van der Waals surface area contributed by atoms with Crippen molar-refractivity contribution in [1.82, 2.24) is 0 Å². The van der Waals surface area contributed by atoms with Crippen molar-refractivity contribution in [3.05, 3.63) is 48.0 Å². The van der Waals surface area contributed by atoms with Gasteiger partial charge in [-0.05, 0) is 24.8 Å². The second-order valence-electron chi connectivity index (χ2n) is 4.30. The van der Waals surface area contributed by atoms with Crippen LogP contribution in [0.5, 0.6) is 0 Å². The smallest absolute Gasteiger partial charge is 0.330 e. The number of methoxy groups -OCH3 is 1. The second-order valence-corrected chi connectivity index (χ2v) is 4.30. The fraction of sp³-hybridized carbons (Fsp3) is 0.333. The summed E-state index contributed by atoms with van der Waals surface area (Å²) in [5.74, 6) is -0.305. The van der Waals surface area contributed by atoms with E-state index in [0.29, 0.717) is 6.04 Å². The van der Waals surface area contributed by atoms with E-state index in [9.17, 15) is 4.79 Å². The van der Waals surface area contributed by atoms with Crippen molar-refractivity contribution in [3.8, 4) is 0 Å². The summed E-state index contributed by atoms with van der Waals surface area (Å²) in [5.41, 5.74) is 2.38. The van der Waals surface area contributed by atoms with Crippen LogP contribution < -0.4 is 0 Å². The van der Waals surface area contributed by atoms with E-state index in [1.165, 1.54) is 24.5 Å². The van der Waals surface area contributed by atoms with Gasteiger partial charge >= 0.3 is 5.97 Å². The number of rotatable bonds is 4. The van der Waals surface area contributed by atoms with Gasteiger partial charge < -0.3 is 4.74 Å². The van der Waals surface area contributed by atoms with Gasteiger partial charge in [0, 0.05) is 11.8 Å². The van der Waals surface area contributed by atoms with Gasteiger partial charge in [0.15, 0.2) is 0 Å². The van der Waals surface area contributed by atoms with Crippen LogP contribution >= 0.6 is 0 Å². The molecular formula is C15H17NO2. The standard InChI is InChI=1S/C15H17NO2/c1-18-15(17)9-5-8-13-10-11-14(16-13)12-6-3-2-4-7-12/h2-7,9,13H,8,10-11H2,1H3/b9-5+/t13-/m1/s1. The van der Waals surface area contributed by atoms with Crippen molar-refractivity contribution in [3.63, 3.8) is 0 Å². The highest BCUT2D eigenvalue weighted by atomic mass is 16.5. The summed E-state index contributed by atoms with van der Waals surface area (Å²) in [7, 11) is 1.38. The van der Waals surface area contributed by atoms with E-state index in [2.05, 4.69) is 16.9 Å². The van der Waals surface area contributed by atoms with Crippen LogP contribution in [0, 0.1) is 0 Å². The number of nitrogens with zero attached hydrogens (tertiary/aromatic N) is 1. The van der Waals surface area contributed by atoms with E-state index < -0.39 is 0 Å². The minimum Gasteiger partial charge on any atom is -0.466 e. The Kier molecular flexibility index (Phi) is 4.29. The molecule has 1 heterocycles. The number of esters is 1. The molecule has 1 aliphatic heterocycles. The van der Waals surface area contributed by atoms with E-state index in [-0.39, 0.29) is 5.97 Å². The maximum absolute atomic E-state index is 10.9. The van der Waals surface area contributed by atoms with Gasteiger partial charge in [0.05, 0.1) is 13.2 Å². The number of hydrogen-bond donors (Lipinski definition) is 0. The lowest BCUT2D eigenvalue weighted by Crippen LogP contribution is -1.98. The van der Waals surface area contributed by atoms with E-state index >= 15 is 0 Å². The molecule has 2 rings (SSSR count). The number of carbonyl (C=O) groups excluding carboxylic acids is 1. The lowest BCUT2D eigenvalue weighted by atomic mass is 10.1. The Morgan fingerprint density at radius 2 is 2.22 bits per heavy atom. The molecule has 0 aliphatic carbocycles. The molecule has 18 heavy (non-hydrogen) atoms. The molecule has 0 amide bonds. The third kappa shape index (κ3) is 3.29. The van der Waals surface area contributed by atoms with E-state index in [1.807, 2.05) is 24.3 Å². The fourth-order valence-electron chi connectivity index (χ4n) is 2.06. The number of ether oxygens (including phenoxy) is 1. The SMILES string of the molecule is COC(=O)/C=C/C[C@@H]1CCC(c2ccccc2)=N1. The molecule has 3 heteroatoms. The first-order valence-corrected chi connectivity index (χ1v) is 6.16. The highest BCUT2D eigenvalue weighted by molar-refractivity contribution is 6.01. The molecule has 0 saturated heterocycles. The van der Waals surface area contributed by atoms with Gasteiger partial charge in [0.25, 0.3) is 0 Å².